The summed E-state index contributed by atoms with van der Waals surface area (Å²) >= 11 is 0. The van der Waals surface area contributed by atoms with E-state index in [4.69, 9.17) is 0 Å². The number of anilines is 1. The van der Waals surface area contributed by atoms with Gasteiger partial charge in [-0.3, -0.25) is 0 Å². The first-order valence-electron chi connectivity index (χ1n) is 6.80. The minimum atomic E-state index is -0.247. The quantitative estimate of drug-likeness (QED) is 0.908. The zero-order valence-electron chi connectivity index (χ0n) is 11.4. The Bertz CT molecular complexity index is 591. The van der Waals surface area contributed by atoms with Gasteiger partial charge in [0, 0.05) is 43.5 Å². The van der Waals surface area contributed by atoms with Crippen LogP contribution in [0.2, 0.25) is 0 Å². The van der Waals surface area contributed by atoms with Crippen LogP contribution in [0.5, 0.6) is 0 Å². The lowest BCUT2D eigenvalue weighted by Gasteiger charge is -2.28. The fourth-order valence-corrected chi connectivity index (χ4v) is 2.34. The van der Waals surface area contributed by atoms with Gasteiger partial charge >= 0.3 is 0 Å². The molecule has 1 saturated heterocycles. The molecule has 3 rings (SSSR count). The average Bonchev–Trinajstić information content (AvgIpc) is 2.48. The highest BCUT2D eigenvalue weighted by Gasteiger charge is 2.14. The Hall–Kier alpha value is -2.01. The number of benzene rings is 1. The number of piperazine rings is 1. The van der Waals surface area contributed by atoms with Gasteiger partial charge in [0.05, 0.1) is 0 Å². The van der Waals surface area contributed by atoms with E-state index in [1.807, 2.05) is 13.0 Å². The Morgan fingerprint density at radius 3 is 2.50 bits per heavy atom. The van der Waals surface area contributed by atoms with Gasteiger partial charge in [-0.15, -0.1) is 0 Å². The van der Waals surface area contributed by atoms with Crippen molar-refractivity contribution >= 4 is 5.82 Å². The van der Waals surface area contributed by atoms with Crippen LogP contribution in [0.3, 0.4) is 0 Å². The van der Waals surface area contributed by atoms with Crippen molar-refractivity contribution in [3.63, 3.8) is 0 Å². The van der Waals surface area contributed by atoms with E-state index in [2.05, 4.69) is 20.2 Å². The Labute approximate surface area is 117 Å². The lowest BCUT2D eigenvalue weighted by atomic mass is 10.2. The summed E-state index contributed by atoms with van der Waals surface area (Å²) in [5.74, 6) is 1.35. The zero-order valence-corrected chi connectivity index (χ0v) is 11.4. The van der Waals surface area contributed by atoms with E-state index in [0.717, 1.165) is 43.3 Å². The van der Waals surface area contributed by atoms with Gasteiger partial charge in [-0.1, -0.05) is 0 Å². The molecular weight excluding hydrogens is 255 g/mol. The summed E-state index contributed by atoms with van der Waals surface area (Å²) in [5, 5.41) is 3.32. The van der Waals surface area contributed by atoms with Gasteiger partial charge in [0.2, 0.25) is 0 Å². The summed E-state index contributed by atoms with van der Waals surface area (Å²) in [4.78, 5) is 11.3. The van der Waals surface area contributed by atoms with E-state index in [0.29, 0.717) is 5.82 Å². The molecule has 2 aromatic rings. The summed E-state index contributed by atoms with van der Waals surface area (Å²) in [6.07, 6.45) is 0. The van der Waals surface area contributed by atoms with Crippen molar-refractivity contribution in [1.29, 1.82) is 0 Å². The SMILES string of the molecule is Cc1cc(N2CCNCC2)nc(-c2ccc(F)cc2)n1. The van der Waals surface area contributed by atoms with Crippen molar-refractivity contribution in [2.24, 2.45) is 0 Å². The van der Waals surface area contributed by atoms with Crippen LogP contribution in [0.4, 0.5) is 10.2 Å². The van der Waals surface area contributed by atoms with Crippen LogP contribution < -0.4 is 10.2 Å². The predicted molar refractivity (Wildman–Crippen MR) is 77.2 cm³/mol. The number of halogens is 1. The molecule has 0 aliphatic carbocycles. The number of aromatic nitrogens is 2. The van der Waals surface area contributed by atoms with Crippen LogP contribution in [0.15, 0.2) is 30.3 Å². The molecule has 1 aliphatic rings. The van der Waals surface area contributed by atoms with Crippen molar-refractivity contribution < 1.29 is 4.39 Å². The second kappa shape index (κ2) is 5.54. The Morgan fingerprint density at radius 2 is 1.80 bits per heavy atom. The van der Waals surface area contributed by atoms with E-state index in [9.17, 15) is 4.39 Å². The fourth-order valence-electron chi connectivity index (χ4n) is 2.34. The van der Waals surface area contributed by atoms with Crippen LogP contribution in [0.1, 0.15) is 5.69 Å². The molecule has 0 atom stereocenters. The van der Waals surface area contributed by atoms with Crippen molar-refractivity contribution in [2.75, 3.05) is 31.1 Å². The third-order valence-electron chi connectivity index (χ3n) is 3.38. The maximum Gasteiger partial charge on any atom is 0.161 e. The van der Waals surface area contributed by atoms with Gasteiger partial charge in [-0.05, 0) is 31.2 Å². The van der Waals surface area contributed by atoms with E-state index in [-0.39, 0.29) is 5.82 Å². The molecule has 1 aliphatic heterocycles. The summed E-state index contributed by atoms with van der Waals surface area (Å²) in [7, 11) is 0. The Kier molecular flexibility index (Phi) is 3.60. The molecule has 1 aromatic carbocycles. The molecule has 0 radical (unpaired) electrons. The topological polar surface area (TPSA) is 41.0 Å². The maximum atomic E-state index is 13.0. The lowest BCUT2D eigenvalue weighted by Crippen LogP contribution is -2.44. The first-order chi connectivity index (χ1) is 9.72. The second-order valence-electron chi connectivity index (χ2n) is 4.94. The van der Waals surface area contributed by atoms with Gasteiger partial charge < -0.3 is 10.2 Å². The molecule has 1 aromatic heterocycles. The average molecular weight is 272 g/mol. The van der Waals surface area contributed by atoms with Gasteiger partial charge in [-0.25, -0.2) is 14.4 Å². The van der Waals surface area contributed by atoms with Crippen LogP contribution >= 0.6 is 0 Å². The fraction of sp³-hybridized carbons (Fsp3) is 0.333. The summed E-state index contributed by atoms with van der Waals surface area (Å²) < 4.78 is 13.0. The molecule has 20 heavy (non-hydrogen) atoms. The number of nitrogens with one attached hydrogen (secondary N) is 1. The van der Waals surface area contributed by atoms with Crippen LogP contribution in [-0.4, -0.2) is 36.1 Å². The van der Waals surface area contributed by atoms with E-state index < -0.39 is 0 Å². The zero-order chi connectivity index (χ0) is 13.9. The molecule has 0 amide bonds. The first kappa shape index (κ1) is 13.0. The van der Waals surface area contributed by atoms with Crippen LogP contribution in [0.25, 0.3) is 11.4 Å². The standard InChI is InChI=1S/C15H17FN4/c1-11-10-14(20-8-6-17-7-9-20)19-15(18-11)12-2-4-13(16)5-3-12/h2-5,10,17H,6-9H2,1H3. The molecular formula is C15H17FN4. The first-order valence-corrected chi connectivity index (χ1v) is 6.80. The highest BCUT2D eigenvalue weighted by Crippen LogP contribution is 2.20. The van der Waals surface area contributed by atoms with Crippen molar-refractivity contribution in [3.8, 4) is 11.4 Å². The molecule has 1 N–H and O–H groups in total. The Morgan fingerprint density at radius 1 is 1.10 bits per heavy atom. The molecule has 0 bridgehead atoms. The van der Waals surface area contributed by atoms with E-state index >= 15 is 0 Å². The summed E-state index contributed by atoms with van der Waals surface area (Å²) in [6, 6.07) is 8.30. The monoisotopic (exact) mass is 272 g/mol. The predicted octanol–water partition coefficient (Wildman–Crippen LogP) is 2.00. The molecule has 0 unspecified atom stereocenters. The number of nitrogens with zero attached hydrogens (tertiary/aromatic N) is 3. The molecule has 2 heterocycles. The molecule has 4 nitrogen and oxygen atoms in total. The molecule has 104 valence electrons. The highest BCUT2D eigenvalue weighted by atomic mass is 19.1. The number of hydrogen-bond donors (Lipinski definition) is 1. The van der Waals surface area contributed by atoms with Crippen molar-refractivity contribution in [3.05, 3.63) is 41.8 Å². The summed E-state index contributed by atoms with van der Waals surface area (Å²) in [6.45, 7) is 5.78. The Balaban J connectivity index is 1.95. The van der Waals surface area contributed by atoms with Crippen LogP contribution in [-0.2, 0) is 0 Å². The molecule has 5 heteroatoms. The highest BCUT2D eigenvalue weighted by molar-refractivity contribution is 5.58. The minimum absolute atomic E-state index is 0.247. The largest absolute Gasteiger partial charge is 0.354 e. The number of aryl methyl sites for hydroxylation is 1. The smallest absolute Gasteiger partial charge is 0.161 e. The molecule has 1 fully saturated rings. The van der Waals surface area contributed by atoms with E-state index in [1.54, 1.807) is 12.1 Å². The van der Waals surface area contributed by atoms with Gasteiger partial charge in [0.25, 0.3) is 0 Å². The maximum absolute atomic E-state index is 13.0. The van der Waals surface area contributed by atoms with Gasteiger partial charge in [0.15, 0.2) is 5.82 Å². The minimum Gasteiger partial charge on any atom is -0.354 e. The van der Waals surface area contributed by atoms with Gasteiger partial charge in [-0.2, -0.15) is 0 Å². The van der Waals surface area contributed by atoms with Crippen LogP contribution in [0, 0.1) is 12.7 Å². The second-order valence-corrected chi connectivity index (χ2v) is 4.94. The third-order valence-corrected chi connectivity index (χ3v) is 3.38. The third kappa shape index (κ3) is 2.77. The van der Waals surface area contributed by atoms with Crippen molar-refractivity contribution in [1.82, 2.24) is 15.3 Å². The normalized spacial score (nSPS) is 15.4. The molecule has 0 spiro atoms. The number of rotatable bonds is 2. The lowest BCUT2D eigenvalue weighted by molar-refractivity contribution is 0.584. The molecule has 0 saturated carbocycles. The van der Waals surface area contributed by atoms with Crippen molar-refractivity contribution in [2.45, 2.75) is 6.92 Å². The van der Waals surface area contributed by atoms with E-state index in [1.165, 1.54) is 12.1 Å². The summed E-state index contributed by atoms with van der Waals surface area (Å²) in [5.41, 5.74) is 1.76. The van der Waals surface area contributed by atoms with Gasteiger partial charge in [0.1, 0.15) is 11.6 Å². The number of hydrogen-bond acceptors (Lipinski definition) is 4.